The van der Waals surface area contributed by atoms with E-state index in [1.54, 1.807) is 11.3 Å². The average Bonchev–Trinajstić information content (AvgIpc) is 3.30. The summed E-state index contributed by atoms with van der Waals surface area (Å²) >= 11 is 1.49. The Morgan fingerprint density at radius 3 is 2.73 bits per heavy atom. The fraction of sp³-hybridized carbons (Fsp3) is 0.0870. The van der Waals surface area contributed by atoms with Crippen molar-refractivity contribution < 1.29 is 9.21 Å². The minimum atomic E-state index is -0.446. The van der Waals surface area contributed by atoms with Crippen molar-refractivity contribution in [2.75, 3.05) is 0 Å². The second-order valence-corrected chi connectivity index (χ2v) is 7.73. The fourth-order valence-corrected chi connectivity index (χ4v) is 4.14. The van der Waals surface area contributed by atoms with Crippen LogP contribution in [0.1, 0.15) is 11.3 Å². The number of hydrogen-bond acceptors (Lipinski definition) is 6. The van der Waals surface area contributed by atoms with E-state index >= 15 is 0 Å². The quantitative estimate of drug-likeness (QED) is 0.713. The van der Waals surface area contributed by atoms with Crippen molar-refractivity contribution in [3.05, 3.63) is 101 Å². The van der Waals surface area contributed by atoms with Gasteiger partial charge in [-0.25, -0.2) is 5.01 Å². The molecule has 7 heteroatoms. The van der Waals surface area contributed by atoms with E-state index in [0.717, 1.165) is 21.9 Å². The Labute approximate surface area is 177 Å². The normalized spacial score (nSPS) is 17.8. The summed E-state index contributed by atoms with van der Waals surface area (Å²) in [6.45, 7) is 0. The molecule has 0 spiro atoms. The summed E-state index contributed by atoms with van der Waals surface area (Å²) in [7, 11) is 0. The predicted octanol–water partition coefficient (Wildman–Crippen LogP) is 2.70. The maximum absolute atomic E-state index is 13.0. The molecule has 1 amide bonds. The zero-order valence-corrected chi connectivity index (χ0v) is 16.8. The molecule has 2 aliphatic heterocycles. The van der Waals surface area contributed by atoms with Gasteiger partial charge in [0.05, 0.1) is 11.6 Å². The summed E-state index contributed by atoms with van der Waals surface area (Å²) in [5.74, 6) is 1.25. The van der Waals surface area contributed by atoms with Crippen molar-refractivity contribution in [2.24, 2.45) is 10.1 Å². The highest BCUT2D eigenvalue weighted by atomic mass is 32.2. The standard InChI is InChI=1S/C23H18N4O2S/c28-22-21-18-10-4-5-11-19(18)24-20(13-12-17-9-6-14-29-17)27(21)26-23(25-22)30-15-16-7-2-1-3-8-16/h1-14,20H,15H2,(H,25,26,28)/b13-12+/t20-/m0/s1. The third-order valence-corrected chi connectivity index (χ3v) is 5.67. The number of para-hydroxylation sites is 1. The molecule has 0 unspecified atom stereocenters. The molecule has 6 nitrogen and oxygen atoms in total. The molecular weight excluding hydrogens is 396 g/mol. The Kier molecular flexibility index (Phi) is 4.94. The number of nitrogens with one attached hydrogen (secondary N) is 1. The molecule has 30 heavy (non-hydrogen) atoms. The highest BCUT2D eigenvalue weighted by Crippen LogP contribution is 2.23. The van der Waals surface area contributed by atoms with Gasteiger partial charge in [0.2, 0.25) is 0 Å². The van der Waals surface area contributed by atoms with E-state index in [9.17, 15) is 4.79 Å². The van der Waals surface area contributed by atoms with Gasteiger partial charge in [0.25, 0.3) is 5.91 Å². The van der Waals surface area contributed by atoms with Crippen molar-refractivity contribution in [2.45, 2.75) is 11.9 Å². The molecule has 1 atom stereocenters. The molecule has 2 aromatic carbocycles. The summed E-state index contributed by atoms with van der Waals surface area (Å²) in [6.07, 6.45) is 4.91. The highest BCUT2D eigenvalue weighted by Gasteiger charge is 2.32. The van der Waals surface area contributed by atoms with Crippen LogP contribution < -0.4 is 15.9 Å². The van der Waals surface area contributed by atoms with E-state index in [1.165, 1.54) is 11.8 Å². The van der Waals surface area contributed by atoms with Crippen LogP contribution in [-0.2, 0) is 10.5 Å². The van der Waals surface area contributed by atoms with Crippen molar-refractivity contribution in [1.29, 1.82) is 0 Å². The van der Waals surface area contributed by atoms with Crippen LogP contribution in [0.4, 0.5) is 0 Å². The Balaban J connectivity index is 1.51. The molecule has 0 saturated heterocycles. The van der Waals surface area contributed by atoms with E-state index in [1.807, 2.05) is 66.7 Å². The topological polar surface area (TPSA) is 70.2 Å². The lowest BCUT2D eigenvalue weighted by Crippen LogP contribution is -2.52. The average molecular weight is 414 g/mol. The number of fused-ring (bicyclic) bond motifs is 2. The highest BCUT2D eigenvalue weighted by molar-refractivity contribution is 8.13. The molecule has 3 heterocycles. The van der Waals surface area contributed by atoms with E-state index in [0.29, 0.717) is 16.6 Å². The van der Waals surface area contributed by atoms with E-state index in [-0.39, 0.29) is 5.91 Å². The Morgan fingerprint density at radius 1 is 1.07 bits per heavy atom. The van der Waals surface area contributed by atoms with Crippen LogP contribution >= 0.6 is 11.8 Å². The van der Waals surface area contributed by atoms with Crippen LogP contribution in [0, 0.1) is 0 Å². The molecule has 0 aliphatic carbocycles. The van der Waals surface area contributed by atoms with Gasteiger partial charge in [0, 0.05) is 11.0 Å². The SMILES string of the molecule is O=C1NC(SCc2ccccc2)=NN2C1=c1ccccc1=N[C@@H]2/C=C/c1ccco1. The predicted molar refractivity (Wildman–Crippen MR) is 117 cm³/mol. The molecule has 0 fully saturated rings. The lowest BCUT2D eigenvalue weighted by Gasteiger charge is -2.32. The first-order chi connectivity index (χ1) is 14.8. The van der Waals surface area contributed by atoms with Crippen LogP contribution in [0.3, 0.4) is 0 Å². The molecule has 1 aromatic heterocycles. The van der Waals surface area contributed by atoms with Crippen LogP contribution in [0.15, 0.2) is 93.6 Å². The molecular formula is C23H18N4O2S. The molecule has 0 saturated carbocycles. The molecule has 5 rings (SSSR count). The maximum Gasteiger partial charge on any atom is 0.276 e. The number of rotatable bonds is 4. The first-order valence-corrected chi connectivity index (χ1v) is 10.5. The van der Waals surface area contributed by atoms with Crippen molar-refractivity contribution in [3.63, 3.8) is 0 Å². The smallest absolute Gasteiger partial charge is 0.276 e. The van der Waals surface area contributed by atoms with E-state index in [2.05, 4.69) is 17.4 Å². The van der Waals surface area contributed by atoms with Gasteiger partial charge in [0.1, 0.15) is 11.5 Å². The van der Waals surface area contributed by atoms with Gasteiger partial charge in [0.15, 0.2) is 11.3 Å². The number of hydrazone groups is 1. The summed E-state index contributed by atoms with van der Waals surface area (Å²) in [4.78, 5) is 17.8. The molecule has 3 aromatic rings. The van der Waals surface area contributed by atoms with Gasteiger partial charge >= 0.3 is 0 Å². The lowest BCUT2D eigenvalue weighted by molar-refractivity contribution is -0.116. The summed E-state index contributed by atoms with van der Waals surface area (Å²) < 4.78 is 5.39. The third kappa shape index (κ3) is 3.67. The lowest BCUT2D eigenvalue weighted by atomic mass is 10.1. The third-order valence-electron chi connectivity index (χ3n) is 4.74. The van der Waals surface area contributed by atoms with E-state index < -0.39 is 6.17 Å². The number of carbonyl (C=O) groups is 1. The van der Waals surface area contributed by atoms with Crippen LogP contribution in [0.25, 0.3) is 11.8 Å². The zero-order valence-electron chi connectivity index (χ0n) is 15.9. The monoisotopic (exact) mass is 414 g/mol. The summed E-state index contributed by atoms with van der Waals surface area (Å²) in [5, 5.41) is 11.4. The Bertz CT molecular complexity index is 1250. The van der Waals surface area contributed by atoms with Gasteiger partial charge in [-0.15, -0.1) is 5.10 Å². The number of hydrogen-bond donors (Lipinski definition) is 1. The maximum atomic E-state index is 13.0. The van der Waals surface area contributed by atoms with E-state index in [4.69, 9.17) is 14.5 Å². The zero-order chi connectivity index (χ0) is 20.3. The van der Waals surface area contributed by atoms with Crippen LogP contribution in [0.5, 0.6) is 0 Å². The van der Waals surface area contributed by atoms with Gasteiger partial charge in [-0.05, 0) is 35.9 Å². The number of benzene rings is 2. The molecule has 0 bridgehead atoms. The summed E-state index contributed by atoms with van der Waals surface area (Å²) in [5.41, 5.74) is 1.66. The van der Waals surface area contributed by atoms with Crippen molar-refractivity contribution in [1.82, 2.24) is 10.3 Å². The molecule has 2 aliphatic rings. The number of thioether (sulfide) groups is 1. The Hall–Kier alpha value is -3.58. The number of carbonyl (C=O) groups excluding carboxylic acids is 1. The molecule has 0 radical (unpaired) electrons. The number of amides is 1. The largest absolute Gasteiger partial charge is 0.465 e. The number of nitrogens with zero attached hydrogens (tertiary/aromatic N) is 3. The van der Waals surface area contributed by atoms with Crippen LogP contribution in [-0.4, -0.2) is 22.2 Å². The van der Waals surface area contributed by atoms with Gasteiger partial charge in [-0.3, -0.25) is 15.1 Å². The van der Waals surface area contributed by atoms with Crippen LogP contribution in [0.2, 0.25) is 0 Å². The summed E-state index contributed by atoms with van der Waals surface area (Å²) in [6, 6.07) is 21.4. The van der Waals surface area contributed by atoms with Crippen molar-refractivity contribution >= 4 is 34.6 Å². The number of amidine groups is 1. The number of furan rings is 1. The van der Waals surface area contributed by atoms with Gasteiger partial charge < -0.3 is 4.42 Å². The second kappa shape index (κ2) is 8.04. The second-order valence-electron chi connectivity index (χ2n) is 6.76. The minimum absolute atomic E-state index is 0.181. The minimum Gasteiger partial charge on any atom is -0.465 e. The Morgan fingerprint density at radius 2 is 1.90 bits per heavy atom. The van der Waals surface area contributed by atoms with Gasteiger partial charge in [-0.1, -0.05) is 60.3 Å². The fourth-order valence-electron chi connectivity index (χ4n) is 3.34. The molecule has 148 valence electrons. The first kappa shape index (κ1) is 18.4. The first-order valence-electron chi connectivity index (χ1n) is 9.53. The molecule has 1 N–H and O–H groups in total. The van der Waals surface area contributed by atoms with Crippen molar-refractivity contribution in [3.8, 4) is 0 Å². The van der Waals surface area contributed by atoms with Gasteiger partial charge in [-0.2, -0.15) is 0 Å².